The van der Waals surface area contributed by atoms with Crippen LogP contribution in [-0.2, 0) is 18.4 Å². The van der Waals surface area contributed by atoms with E-state index in [1.165, 1.54) is 173 Å². The molecule has 0 aliphatic carbocycles. The van der Waals surface area contributed by atoms with E-state index in [1.54, 1.807) is 0 Å². The number of rotatable bonds is 47. The fraction of sp³-hybridized carbons (Fsp3) is 0.902. The van der Waals surface area contributed by atoms with Gasteiger partial charge in [0.15, 0.2) is 0 Å². The summed E-state index contributed by atoms with van der Waals surface area (Å²) in [6, 6.07) is -0.797. The molecule has 0 aliphatic heterocycles. The van der Waals surface area contributed by atoms with Crippen molar-refractivity contribution < 1.29 is 32.9 Å². The number of aliphatic hydroxyl groups excluding tert-OH is 1. The van der Waals surface area contributed by atoms with E-state index in [0.29, 0.717) is 23.9 Å². The largest absolute Gasteiger partial charge is 0.756 e. The molecule has 1 amide bonds. The highest BCUT2D eigenvalue weighted by Crippen LogP contribution is 2.38. The summed E-state index contributed by atoms with van der Waals surface area (Å²) in [5.41, 5.74) is 0. The molecule has 0 aromatic heterocycles. The van der Waals surface area contributed by atoms with Crippen molar-refractivity contribution >= 4 is 13.7 Å². The van der Waals surface area contributed by atoms with Crippen LogP contribution in [0.25, 0.3) is 0 Å². The van der Waals surface area contributed by atoms with Crippen LogP contribution < -0.4 is 10.2 Å². The van der Waals surface area contributed by atoms with Crippen molar-refractivity contribution in [2.75, 3.05) is 40.9 Å². The van der Waals surface area contributed by atoms with Gasteiger partial charge in [-0.25, -0.2) is 0 Å². The number of amides is 1. The molecule has 0 aromatic rings. The molecule has 0 fully saturated rings. The average molecular weight is 869 g/mol. The van der Waals surface area contributed by atoms with Crippen LogP contribution in [0.4, 0.5) is 0 Å². The standard InChI is InChI=1S/C51H101N2O6P/c1-6-8-10-12-14-16-17-18-19-20-21-22-23-24-25-26-27-28-29-30-31-32-33-34-35-37-39-41-43-45-51(55)52-49(48-59-60(56,57)58-47-46-53(3,4)5)50(54)44-42-40-38-36-15-13-11-9-7-2/h21-22,24-25,49-50,54H,6-20,23,26-48H2,1-5H3,(H-,52,55,56,57)/b22-21-,25-24-. The SMILES string of the molecule is CCCCCCCCCCC/C=C\C/C=C\CCCCCCCCCCCCCCCC(=O)NC(COP(=O)([O-])OCC[N+](C)(C)C)C(O)CCCCCCCCCCC. The summed E-state index contributed by atoms with van der Waals surface area (Å²) in [6.07, 6.45) is 52.2. The monoisotopic (exact) mass is 869 g/mol. The Morgan fingerprint density at radius 3 is 1.38 bits per heavy atom. The maximum atomic E-state index is 12.9. The second-order valence-corrected chi connectivity index (χ2v) is 20.3. The molecule has 0 heterocycles. The number of aliphatic hydroxyl groups is 1. The van der Waals surface area contributed by atoms with Gasteiger partial charge >= 0.3 is 0 Å². The Hall–Kier alpha value is -1.02. The zero-order valence-electron chi connectivity index (χ0n) is 40.4. The van der Waals surface area contributed by atoms with E-state index in [9.17, 15) is 19.4 Å². The Kier molecular flexibility index (Phi) is 42.5. The van der Waals surface area contributed by atoms with E-state index in [1.807, 2.05) is 21.1 Å². The minimum atomic E-state index is -4.56. The molecule has 0 aromatic carbocycles. The minimum Gasteiger partial charge on any atom is -0.756 e. The van der Waals surface area contributed by atoms with Crippen molar-refractivity contribution in [2.45, 2.75) is 257 Å². The summed E-state index contributed by atoms with van der Waals surface area (Å²) < 4.78 is 23.2. The van der Waals surface area contributed by atoms with Gasteiger partial charge in [-0.1, -0.05) is 218 Å². The molecule has 3 atom stereocenters. The normalized spacial score (nSPS) is 14.3. The van der Waals surface area contributed by atoms with Crippen molar-refractivity contribution in [1.82, 2.24) is 5.32 Å². The summed E-state index contributed by atoms with van der Waals surface area (Å²) >= 11 is 0. The van der Waals surface area contributed by atoms with E-state index in [2.05, 4.69) is 43.5 Å². The molecular formula is C51H101N2O6P. The van der Waals surface area contributed by atoms with E-state index in [-0.39, 0.29) is 19.1 Å². The maximum Gasteiger partial charge on any atom is 0.268 e. The van der Waals surface area contributed by atoms with Gasteiger partial charge in [-0.05, 0) is 44.9 Å². The number of phosphoric acid groups is 1. The van der Waals surface area contributed by atoms with Crippen LogP contribution >= 0.6 is 7.82 Å². The van der Waals surface area contributed by atoms with Crippen LogP contribution in [0.5, 0.6) is 0 Å². The van der Waals surface area contributed by atoms with E-state index >= 15 is 0 Å². The first-order valence-corrected chi connectivity index (χ1v) is 27.1. The van der Waals surface area contributed by atoms with Crippen LogP contribution in [0.2, 0.25) is 0 Å². The van der Waals surface area contributed by atoms with Gasteiger partial charge in [0.2, 0.25) is 5.91 Å². The molecular weight excluding hydrogens is 768 g/mol. The van der Waals surface area contributed by atoms with Gasteiger partial charge in [0.1, 0.15) is 13.2 Å². The van der Waals surface area contributed by atoms with Crippen molar-refractivity contribution in [1.29, 1.82) is 0 Å². The van der Waals surface area contributed by atoms with Gasteiger partial charge in [0, 0.05) is 6.42 Å². The smallest absolute Gasteiger partial charge is 0.268 e. The zero-order chi connectivity index (χ0) is 44.3. The molecule has 0 rings (SSSR count). The Morgan fingerprint density at radius 2 is 0.967 bits per heavy atom. The molecule has 9 heteroatoms. The number of nitrogens with one attached hydrogen (secondary N) is 1. The third-order valence-corrected chi connectivity index (χ3v) is 12.7. The number of likely N-dealkylation sites (N-methyl/N-ethyl adjacent to an activating group) is 1. The lowest BCUT2D eigenvalue weighted by atomic mass is 10.0. The van der Waals surface area contributed by atoms with Crippen molar-refractivity contribution in [3.8, 4) is 0 Å². The second kappa shape index (κ2) is 43.2. The molecule has 3 unspecified atom stereocenters. The van der Waals surface area contributed by atoms with Gasteiger partial charge in [-0.15, -0.1) is 0 Å². The van der Waals surface area contributed by atoms with Gasteiger partial charge in [0.25, 0.3) is 7.82 Å². The fourth-order valence-electron chi connectivity index (χ4n) is 7.60. The molecule has 0 saturated heterocycles. The molecule has 0 spiro atoms. The van der Waals surface area contributed by atoms with Crippen molar-refractivity contribution in [3.05, 3.63) is 24.3 Å². The van der Waals surface area contributed by atoms with Crippen molar-refractivity contribution in [3.63, 3.8) is 0 Å². The molecule has 60 heavy (non-hydrogen) atoms. The number of allylic oxidation sites excluding steroid dienone is 4. The number of carbonyl (C=O) groups excluding carboxylic acids is 1. The van der Waals surface area contributed by atoms with Gasteiger partial charge in [0.05, 0.1) is 39.9 Å². The average Bonchev–Trinajstić information content (AvgIpc) is 3.20. The number of carbonyl (C=O) groups is 1. The van der Waals surface area contributed by atoms with Crippen molar-refractivity contribution in [2.24, 2.45) is 0 Å². The summed E-state index contributed by atoms with van der Waals surface area (Å²) in [7, 11) is 1.31. The Labute approximate surface area is 373 Å². The number of hydrogen-bond acceptors (Lipinski definition) is 6. The number of phosphoric ester groups is 1. The Bertz CT molecular complexity index is 1030. The van der Waals surface area contributed by atoms with E-state index in [0.717, 1.165) is 44.9 Å². The van der Waals surface area contributed by atoms with Gasteiger partial charge in [-0.2, -0.15) is 0 Å². The lowest BCUT2D eigenvalue weighted by molar-refractivity contribution is -0.870. The highest BCUT2D eigenvalue weighted by molar-refractivity contribution is 7.45. The minimum absolute atomic E-state index is 0.0129. The fourth-order valence-corrected chi connectivity index (χ4v) is 8.32. The number of hydrogen-bond donors (Lipinski definition) is 2. The first-order valence-electron chi connectivity index (χ1n) is 25.7. The molecule has 8 nitrogen and oxygen atoms in total. The quantitative estimate of drug-likeness (QED) is 0.0273. The number of quaternary nitrogens is 1. The summed E-state index contributed by atoms with van der Waals surface area (Å²) in [5, 5.41) is 13.9. The predicted molar refractivity (Wildman–Crippen MR) is 256 cm³/mol. The summed E-state index contributed by atoms with van der Waals surface area (Å²) in [4.78, 5) is 25.3. The Morgan fingerprint density at radius 1 is 0.583 bits per heavy atom. The third kappa shape index (κ3) is 45.0. The Balaban J connectivity index is 4.01. The maximum absolute atomic E-state index is 12.9. The predicted octanol–water partition coefficient (Wildman–Crippen LogP) is 14.2. The highest BCUT2D eigenvalue weighted by Gasteiger charge is 2.24. The van der Waals surface area contributed by atoms with Crippen LogP contribution in [0, 0.1) is 0 Å². The number of unbranched alkanes of at least 4 members (excludes halogenated alkanes) is 30. The molecule has 0 aliphatic rings. The second-order valence-electron chi connectivity index (χ2n) is 18.9. The van der Waals surface area contributed by atoms with Gasteiger partial charge < -0.3 is 28.8 Å². The summed E-state index contributed by atoms with van der Waals surface area (Å²) in [5.74, 6) is -0.166. The van der Waals surface area contributed by atoms with E-state index < -0.39 is 20.0 Å². The number of nitrogens with zero attached hydrogens (tertiary/aromatic N) is 1. The molecule has 0 bridgehead atoms. The van der Waals surface area contributed by atoms with E-state index in [4.69, 9.17) is 9.05 Å². The van der Waals surface area contributed by atoms with Crippen LogP contribution in [0.3, 0.4) is 0 Å². The van der Waals surface area contributed by atoms with Gasteiger partial charge in [-0.3, -0.25) is 9.36 Å². The molecule has 2 N–H and O–H groups in total. The molecule has 0 radical (unpaired) electrons. The van der Waals surface area contributed by atoms with Crippen LogP contribution in [0.15, 0.2) is 24.3 Å². The lowest BCUT2D eigenvalue weighted by Gasteiger charge is -2.30. The van der Waals surface area contributed by atoms with Crippen LogP contribution in [-0.4, -0.2) is 68.5 Å². The first kappa shape index (κ1) is 59.0. The topological polar surface area (TPSA) is 108 Å². The first-order chi connectivity index (χ1) is 29.0. The van der Waals surface area contributed by atoms with Crippen LogP contribution in [0.1, 0.15) is 245 Å². The lowest BCUT2D eigenvalue weighted by Crippen LogP contribution is -2.46. The highest BCUT2D eigenvalue weighted by atomic mass is 31.2. The third-order valence-electron chi connectivity index (χ3n) is 11.7. The zero-order valence-corrected chi connectivity index (χ0v) is 41.3. The summed E-state index contributed by atoms with van der Waals surface area (Å²) in [6.45, 7) is 4.71. The molecule has 0 saturated carbocycles. The molecule has 356 valence electrons.